The molecule has 8 nitrogen and oxygen atoms in total. The zero-order valence-electron chi connectivity index (χ0n) is 17.1. The summed E-state index contributed by atoms with van der Waals surface area (Å²) >= 11 is 0. The minimum absolute atomic E-state index is 0.0150. The molecule has 4 rings (SSSR count). The van der Waals surface area contributed by atoms with Gasteiger partial charge in [-0.15, -0.1) is 0 Å². The van der Waals surface area contributed by atoms with Crippen LogP contribution in [0.15, 0.2) is 29.4 Å². The summed E-state index contributed by atoms with van der Waals surface area (Å²) in [5, 5.41) is 10.1. The Labute approximate surface area is 165 Å². The summed E-state index contributed by atoms with van der Waals surface area (Å²) in [6, 6.07) is 7.18. The molecule has 2 fully saturated rings. The molecule has 0 spiro atoms. The lowest BCUT2D eigenvalue weighted by atomic mass is 10.0. The van der Waals surface area contributed by atoms with Crippen LogP contribution in [-0.4, -0.2) is 75.5 Å². The van der Waals surface area contributed by atoms with Crippen LogP contribution in [0.1, 0.15) is 31.9 Å². The Morgan fingerprint density at radius 3 is 2.57 bits per heavy atom. The van der Waals surface area contributed by atoms with Crippen molar-refractivity contribution in [3.8, 4) is 0 Å². The van der Waals surface area contributed by atoms with Gasteiger partial charge < -0.3 is 4.90 Å². The molecule has 8 heteroatoms. The fourth-order valence-electron chi connectivity index (χ4n) is 4.39. The van der Waals surface area contributed by atoms with Gasteiger partial charge in [-0.1, -0.05) is 24.3 Å². The Bertz CT molecular complexity index is 840. The highest BCUT2D eigenvalue weighted by Crippen LogP contribution is 2.33. The van der Waals surface area contributed by atoms with Crippen LogP contribution in [0.3, 0.4) is 0 Å². The number of nitrogens with zero attached hydrogens (tertiary/aromatic N) is 5. The summed E-state index contributed by atoms with van der Waals surface area (Å²) in [4.78, 5) is 31.7. The van der Waals surface area contributed by atoms with Crippen LogP contribution in [0.4, 0.5) is 4.79 Å². The number of urea groups is 1. The lowest BCUT2D eigenvalue weighted by Crippen LogP contribution is -2.67. The fraction of sp³-hybridized carbons (Fsp3) is 0.550. The van der Waals surface area contributed by atoms with Gasteiger partial charge in [0, 0.05) is 13.6 Å². The van der Waals surface area contributed by atoms with E-state index in [0.29, 0.717) is 0 Å². The lowest BCUT2D eigenvalue weighted by Gasteiger charge is -2.44. The van der Waals surface area contributed by atoms with Crippen molar-refractivity contribution in [2.75, 3.05) is 13.6 Å². The number of hydrazone groups is 1. The second-order valence-electron chi connectivity index (χ2n) is 7.79. The van der Waals surface area contributed by atoms with Gasteiger partial charge in [-0.25, -0.2) is 9.69 Å². The summed E-state index contributed by atoms with van der Waals surface area (Å²) in [5.74, 6) is -0.149. The molecule has 0 aromatic heterocycles. The van der Waals surface area contributed by atoms with Crippen molar-refractivity contribution in [2.45, 2.75) is 58.8 Å². The molecule has 1 aromatic rings. The number of hydrogen-bond acceptors (Lipinski definition) is 6. The van der Waals surface area contributed by atoms with Gasteiger partial charge in [0.1, 0.15) is 12.2 Å². The van der Waals surface area contributed by atoms with E-state index in [0.717, 1.165) is 23.4 Å². The summed E-state index contributed by atoms with van der Waals surface area (Å²) in [6.07, 6.45) is -0.563. The second-order valence-corrected chi connectivity index (χ2v) is 7.79. The number of amides is 3. The smallest absolute Gasteiger partial charge is 0.310 e. The summed E-state index contributed by atoms with van der Waals surface area (Å²) < 4.78 is 0. The average Bonchev–Trinajstić information content (AvgIpc) is 3.09. The Kier molecular flexibility index (Phi) is 4.63. The van der Waals surface area contributed by atoms with Crippen molar-refractivity contribution in [2.24, 2.45) is 5.10 Å². The first-order chi connectivity index (χ1) is 13.3. The van der Waals surface area contributed by atoms with Crippen molar-refractivity contribution in [3.05, 3.63) is 35.4 Å². The molecule has 1 aromatic carbocycles. The first-order valence-corrected chi connectivity index (χ1v) is 9.83. The summed E-state index contributed by atoms with van der Waals surface area (Å²) in [7, 11) is 1.76. The highest BCUT2D eigenvalue weighted by atomic mass is 16.2. The molecule has 150 valence electrons. The topological polar surface area (TPSA) is 71.5 Å². The Balaban J connectivity index is 1.69. The third-order valence-electron chi connectivity index (χ3n) is 6.23. The van der Waals surface area contributed by atoms with Crippen molar-refractivity contribution in [1.29, 1.82) is 0 Å². The second kappa shape index (κ2) is 6.86. The lowest BCUT2D eigenvalue weighted by molar-refractivity contribution is -0.140. The van der Waals surface area contributed by atoms with E-state index in [1.54, 1.807) is 11.9 Å². The normalized spacial score (nSPS) is 30.5. The van der Waals surface area contributed by atoms with Crippen LogP contribution >= 0.6 is 0 Å². The van der Waals surface area contributed by atoms with Gasteiger partial charge in [0.2, 0.25) is 0 Å². The van der Waals surface area contributed by atoms with E-state index in [9.17, 15) is 9.59 Å². The standard InChI is InChI=1S/C20H28N6O2/c1-6-25-19-21-17-16(26(19)14(4)13(3)22-25)18(27)24(20(28)23(17)5)11-15-10-8-7-9-12(15)2/h7-10,14,16-17,19,21H,6,11H2,1-5H3. The van der Waals surface area contributed by atoms with Crippen LogP contribution in [0.5, 0.6) is 0 Å². The van der Waals surface area contributed by atoms with Gasteiger partial charge in [-0.05, 0) is 38.8 Å². The number of likely N-dealkylation sites (N-methyl/N-ethyl adjacent to an activating group) is 1. The molecule has 3 amide bonds. The van der Waals surface area contributed by atoms with Crippen LogP contribution in [-0.2, 0) is 11.3 Å². The van der Waals surface area contributed by atoms with E-state index in [1.165, 1.54) is 4.90 Å². The van der Waals surface area contributed by atoms with Crippen LogP contribution in [0.25, 0.3) is 0 Å². The zero-order valence-corrected chi connectivity index (χ0v) is 17.1. The minimum Gasteiger partial charge on any atom is -0.310 e. The number of hydrogen-bond donors (Lipinski definition) is 1. The maximum absolute atomic E-state index is 13.5. The molecule has 0 aliphatic carbocycles. The third kappa shape index (κ3) is 2.70. The number of carbonyl (C=O) groups excluding carboxylic acids is 2. The fourth-order valence-corrected chi connectivity index (χ4v) is 4.39. The average molecular weight is 384 g/mol. The molecule has 1 N–H and O–H groups in total. The van der Waals surface area contributed by atoms with E-state index in [1.807, 2.05) is 50.0 Å². The van der Waals surface area contributed by atoms with Gasteiger partial charge in [0.25, 0.3) is 5.91 Å². The van der Waals surface area contributed by atoms with Crippen molar-refractivity contribution in [3.63, 3.8) is 0 Å². The van der Waals surface area contributed by atoms with Gasteiger partial charge in [0.05, 0.1) is 18.3 Å². The molecule has 2 saturated heterocycles. The number of imide groups is 1. The predicted octanol–water partition coefficient (Wildman–Crippen LogP) is 1.37. The van der Waals surface area contributed by atoms with E-state index in [2.05, 4.69) is 22.2 Å². The van der Waals surface area contributed by atoms with Gasteiger partial charge in [-0.2, -0.15) is 5.10 Å². The predicted molar refractivity (Wildman–Crippen MR) is 106 cm³/mol. The molecule has 0 bridgehead atoms. The van der Waals surface area contributed by atoms with Gasteiger partial charge >= 0.3 is 6.03 Å². The highest BCUT2D eigenvalue weighted by Gasteiger charge is 2.57. The van der Waals surface area contributed by atoms with Crippen LogP contribution in [0, 0.1) is 6.92 Å². The quantitative estimate of drug-likeness (QED) is 0.852. The number of benzene rings is 1. The first-order valence-electron chi connectivity index (χ1n) is 9.83. The Hall–Kier alpha value is -2.45. The zero-order chi connectivity index (χ0) is 20.2. The molecule has 3 heterocycles. The molecule has 0 radical (unpaired) electrons. The minimum atomic E-state index is -0.439. The monoisotopic (exact) mass is 384 g/mol. The largest absolute Gasteiger partial charge is 0.328 e. The maximum Gasteiger partial charge on any atom is 0.328 e. The molecule has 4 atom stereocenters. The SMILES string of the molecule is CCN1N=C(C)C(C)N2C3C(=O)N(Cc4ccccc4C)C(=O)N(C)C3NC12. The maximum atomic E-state index is 13.5. The molecule has 4 unspecified atom stereocenters. The number of carbonyl (C=O) groups is 2. The van der Waals surface area contributed by atoms with Crippen LogP contribution < -0.4 is 5.32 Å². The van der Waals surface area contributed by atoms with Crippen molar-refractivity contribution in [1.82, 2.24) is 25.0 Å². The van der Waals surface area contributed by atoms with E-state index >= 15 is 0 Å². The molecular weight excluding hydrogens is 356 g/mol. The number of aryl methyl sites for hydroxylation is 1. The molecule has 3 aliphatic heterocycles. The molecule has 0 saturated carbocycles. The van der Waals surface area contributed by atoms with E-state index < -0.39 is 6.04 Å². The third-order valence-corrected chi connectivity index (χ3v) is 6.23. The molecular formula is C20H28N6O2. The molecule has 3 aliphatic rings. The number of rotatable bonds is 3. The van der Waals surface area contributed by atoms with Crippen molar-refractivity contribution < 1.29 is 9.59 Å². The molecule has 28 heavy (non-hydrogen) atoms. The van der Waals surface area contributed by atoms with Crippen LogP contribution in [0.2, 0.25) is 0 Å². The highest BCUT2D eigenvalue weighted by molar-refractivity contribution is 6.01. The summed E-state index contributed by atoms with van der Waals surface area (Å²) in [6.45, 7) is 9.10. The van der Waals surface area contributed by atoms with Gasteiger partial charge in [0.15, 0.2) is 6.29 Å². The number of fused-ring (bicyclic) bond motifs is 3. The first kappa shape index (κ1) is 18.9. The van der Waals surface area contributed by atoms with E-state index in [-0.39, 0.29) is 37.0 Å². The summed E-state index contributed by atoms with van der Waals surface area (Å²) in [5.41, 5.74) is 3.03. The Morgan fingerprint density at radius 2 is 1.89 bits per heavy atom. The number of nitrogens with one attached hydrogen (secondary N) is 1. The van der Waals surface area contributed by atoms with Gasteiger partial charge in [-0.3, -0.25) is 20.0 Å². The Morgan fingerprint density at radius 1 is 1.18 bits per heavy atom. The van der Waals surface area contributed by atoms with E-state index in [4.69, 9.17) is 0 Å². The van der Waals surface area contributed by atoms with Crippen molar-refractivity contribution >= 4 is 17.6 Å².